The minimum Gasteiger partial charge on any atom is -0.326 e. The predicted octanol–water partition coefficient (Wildman–Crippen LogP) is 3.21. The van der Waals surface area contributed by atoms with Gasteiger partial charge in [-0.1, -0.05) is 13.0 Å². The topological polar surface area (TPSA) is 71.1 Å². The molecule has 2 aromatic rings. The van der Waals surface area contributed by atoms with E-state index < -0.39 is 0 Å². The van der Waals surface area contributed by atoms with Crippen LogP contribution in [0.1, 0.15) is 19.8 Å². The van der Waals surface area contributed by atoms with Gasteiger partial charge in [-0.3, -0.25) is 9.59 Å². The number of nitrogens with zero attached hydrogens (tertiary/aromatic N) is 1. The highest BCUT2D eigenvalue weighted by Crippen LogP contribution is 2.13. The van der Waals surface area contributed by atoms with Crippen molar-refractivity contribution in [2.45, 2.75) is 19.8 Å². The van der Waals surface area contributed by atoms with Crippen molar-refractivity contribution in [2.24, 2.45) is 5.92 Å². The number of hydrogen-bond acceptors (Lipinski definition) is 3. The molecule has 2 amide bonds. The Morgan fingerprint density at radius 1 is 1.04 bits per heavy atom. The van der Waals surface area contributed by atoms with Crippen molar-refractivity contribution >= 4 is 23.3 Å². The molecule has 1 aromatic heterocycles. The fourth-order valence-corrected chi connectivity index (χ4v) is 2.08. The third kappa shape index (κ3) is 5.86. The van der Waals surface area contributed by atoms with Crippen molar-refractivity contribution in [1.29, 1.82) is 0 Å². The van der Waals surface area contributed by atoms with Crippen LogP contribution in [0.2, 0.25) is 0 Å². The summed E-state index contributed by atoms with van der Waals surface area (Å²) in [5.41, 5.74) is 0.529. The largest absolute Gasteiger partial charge is 0.326 e. The number of carbonyl (C=O) groups excluding carboxylic acids is 2. The van der Waals surface area contributed by atoms with Gasteiger partial charge in [-0.15, -0.1) is 0 Å². The predicted molar refractivity (Wildman–Crippen MR) is 86.3 cm³/mol. The van der Waals surface area contributed by atoms with Crippen LogP contribution in [-0.4, -0.2) is 16.8 Å². The fraction of sp³-hybridized carbons (Fsp3) is 0.235. The van der Waals surface area contributed by atoms with E-state index in [9.17, 15) is 14.0 Å². The molecule has 0 radical (unpaired) electrons. The highest BCUT2D eigenvalue weighted by atomic mass is 19.1. The lowest BCUT2D eigenvalue weighted by molar-refractivity contribution is -0.118. The molecular weight excluding hydrogens is 297 g/mol. The van der Waals surface area contributed by atoms with Gasteiger partial charge < -0.3 is 10.6 Å². The van der Waals surface area contributed by atoms with Gasteiger partial charge >= 0.3 is 0 Å². The van der Waals surface area contributed by atoms with Gasteiger partial charge in [0.05, 0.1) is 0 Å². The van der Waals surface area contributed by atoms with E-state index in [1.54, 1.807) is 24.4 Å². The second kappa shape index (κ2) is 8.03. The van der Waals surface area contributed by atoms with Gasteiger partial charge in [-0.25, -0.2) is 9.37 Å². The number of anilines is 2. The van der Waals surface area contributed by atoms with Gasteiger partial charge in [0.15, 0.2) is 0 Å². The van der Waals surface area contributed by atoms with Crippen molar-refractivity contribution < 1.29 is 14.0 Å². The third-order valence-electron chi connectivity index (χ3n) is 3.13. The van der Waals surface area contributed by atoms with E-state index in [-0.39, 0.29) is 36.4 Å². The highest BCUT2D eigenvalue weighted by Gasteiger charge is 2.14. The molecule has 1 unspecified atom stereocenters. The minimum atomic E-state index is -0.359. The Kier molecular flexibility index (Phi) is 5.80. The van der Waals surface area contributed by atoms with Crippen LogP contribution in [0.5, 0.6) is 0 Å². The molecule has 120 valence electrons. The summed E-state index contributed by atoms with van der Waals surface area (Å²) >= 11 is 0. The van der Waals surface area contributed by atoms with E-state index in [0.29, 0.717) is 11.5 Å². The van der Waals surface area contributed by atoms with Crippen LogP contribution in [0, 0.1) is 11.7 Å². The lowest BCUT2D eigenvalue weighted by atomic mass is 10.0. The lowest BCUT2D eigenvalue weighted by Gasteiger charge is -2.11. The first-order valence-electron chi connectivity index (χ1n) is 7.29. The number of nitrogens with one attached hydrogen (secondary N) is 2. The van der Waals surface area contributed by atoms with Crippen molar-refractivity contribution in [3.8, 4) is 0 Å². The van der Waals surface area contributed by atoms with E-state index in [2.05, 4.69) is 15.6 Å². The molecule has 0 saturated carbocycles. The van der Waals surface area contributed by atoms with Crippen LogP contribution in [0.4, 0.5) is 15.9 Å². The molecule has 0 saturated heterocycles. The number of hydrogen-bond donors (Lipinski definition) is 2. The molecule has 0 aliphatic carbocycles. The Bertz CT molecular complexity index is 659. The highest BCUT2D eigenvalue weighted by molar-refractivity contribution is 5.92. The molecule has 1 heterocycles. The molecule has 5 nitrogen and oxygen atoms in total. The van der Waals surface area contributed by atoms with Crippen LogP contribution < -0.4 is 10.6 Å². The number of amides is 2. The first-order valence-corrected chi connectivity index (χ1v) is 7.29. The number of halogens is 1. The van der Waals surface area contributed by atoms with Crippen LogP contribution in [0.15, 0.2) is 48.7 Å². The number of benzene rings is 1. The number of pyridine rings is 1. The van der Waals surface area contributed by atoms with Gasteiger partial charge in [0, 0.05) is 24.7 Å². The normalized spacial score (nSPS) is 11.6. The molecule has 2 rings (SSSR count). The summed E-state index contributed by atoms with van der Waals surface area (Å²) in [6.07, 6.45) is 2.01. The maximum atomic E-state index is 12.8. The van der Waals surface area contributed by atoms with E-state index in [0.717, 1.165) is 0 Å². The molecule has 2 N–H and O–H groups in total. The SMILES string of the molecule is CC(CC(=O)Nc1ccc(F)cc1)CC(=O)Nc1ccccn1. The smallest absolute Gasteiger partial charge is 0.225 e. The Balaban J connectivity index is 1.77. The van der Waals surface area contributed by atoms with Gasteiger partial charge in [0.2, 0.25) is 11.8 Å². The molecule has 23 heavy (non-hydrogen) atoms. The van der Waals surface area contributed by atoms with Crippen molar-refractivity contribution in [2.75, 3.05) is 10.6 Å². The van der Waals surface area contributed by atoms with Crippen molar-refractivity contribution in [3.63, 3.8) is 0 Å². The van der Waals surface area contributed by atoms with Crippen LogP contribution >= 0.6 is 0 Å². The zero-order valence-corrected chi connectivity index (χ0v) is 12.8. The number of rotatable bonds is 6. The van der Waals surface area contributed by atoms with Gasteiger partial charge in [0.1, 0.15) is 11.6 Å². The summed E-state index contributed by atoms with van der Waals surface area (Å²) in [6, 6.07) is 10.8. The number of carbonyl (C=O) groups is 2. The molecule has 0 aliphatic heterocycles. The molecule has 0 bridgehead atoms. The summed E-state index contributed by atoms with van der Waals surface area (Å²) in [4.78, 5) is 27.8. The quantitative estimate of drug-likeness (QED) is 0.860. The first kappa shape index (κ1) is 16.6. The Morgan fingerprint density at radius 2 is 1.70 bits per heavy atom. The lowest BCUT2D eigenvalue weighted by Crippen LogP contribution is -2.20. The summed E-state index contributed by atoms with van der Waals surface area (Å²) in [6.45, 7) is 1.82. The molecule has 0 fully saturated rings. The monoisotopic (exact) mass is 315 g/mol. The fourth-order valence-electron chi connectivity index (χ4n) is 2.08. The van der Waals surface area contributed by atoms with Crippen LogP contribution in [-0.2, 0) is 9.59 Å². The Morgan fingerprint density at radius 3 is 2.30 bits per heavy atom. The molecular formula is C17H18FN3O2. The van der Waals surface area contributed by atoms with Crippen molar-refractivity contribution in [1.82, 2.24) is 4.98 Å². The van der Waals surface area contributed by atoms with Gasteiger partial charge in [-0.2, -0.15) is 0 Å². The van der Waals surface area contributed by atoms with E-state index in [4.69, 9.17) is 0 Å². The summed E-state index contributed by atoms with van der Waals surface area (Å²) < 4.78 is 12.8. The maximum Gasteiger partial charge on any atom is 0.225 e. The van der Waals surface area contributed by atoms with Crippen LogP contribution in [0.25, 0.3) is 0 Å². The maximum absolute atomic E-state index is 12.8. The average Bonchev–Trinajstić information content (AvgIpc) is 2.50. The van der Waals surface area contributed by atoms with E-state index in [1.807, 2.05) is 6.92 Å². The zero-order chi connectivity index (χ0) is 16.7. The Labute approximate surface area is 133 Å². The van der Waals surface area contributed by atoms with Gasteiger partial charge in [0.25, 0.3) is 0 Å². The molecule has 6 heteroatoms. The standard InChI is InChI=1S/C17H18FN3O2/c1-12(11-17(23)21-15-4-2-3-9-19-15)10-16(22)20-14-7-5-13(18)6-8-14/h2-9,12H,10-11H2,1H3,(H,20,22)(H,19,21,23). The van der Waals surface area contributed by atoms with E-state index >= 15 is 0 Å². The first-order chi connectivity index (χ1) is 11.0. The van der Waals surface area contributed by atoms with E-state index in [1.165, 1.54) is 24.3 Å². The van der Waals surface area contributed by atoms with Crippen LogP contribution in [0.3, 0.4) is 0 Å². The Hall–Kier alpha value is -2.76. The molecule has 0 aliphatic rings. The summed E-state index contributed by atoms with van der Waals surface area (Å²) in [5, 5.41) is 5.35. The summed E-state index contributed by atoms with van der Waals surface area (Å²) in [5.74, 6) is -0.400. The summed E-state index contributed by atoms with van der Waals surface area (Å²) in [7, 11) is 0. The van der Waals surface area contributed by atoms with Gasteiger partial charge in [-0.05, 0) is 42.3 Å². The second-order valence-corrected chi connectivity index (χ2v) is 5.33. The zero-order valence-electron chi connectivity index (χ0n) is 12.8. The third-order valence-corrected chi connectivity index (χ3v) is 3.13. The average molecular weight is 315 g/mol. The molecule has 1 aromatic carbocycles. The molecule has 1 atom stereocenters. The van der Waals surface area contributed by atoms with Crippen molar-refractivity contribution in [3.05, 3.63) is 54.5 Å². The minimum absolute atomic E-state index is 0.126. The number of aromatic nitrogens is 1. The second-order valence-electron chi connectivity index (χ2n) is 5.33. The molecule has 0 spiro atoms.